The second-order valence-corrected chi connectivity index (χ2v) is 2.97. The van der Waals surface area contributed by atoms with Crippen LogP contribution in [0.3, 0.4) is 0 Å². The molecule has 7 heteroatoms. The fraction of sp³-hybridized carbons (Fsp3) is 0.444. The highest BCUT2D eigenvalue weighted by Crippen LogP contribution is 1.97. The summed E-state index contributed by atoms with van der Waals surface area (Å²) >= 11 is 0. The Bertz CT molecular complexity index is 290. The van der Waals surface area contributed by atoms with E-state index in [0.717, 1.165) is 0 Å². The van der Waals surface area contributed by atoms with E-state index in [2.05, 4.69) is 17.2 Å². The van der Waals surface area contributed by atoms with Crippen molar-refractivity contribution in [3.63, 3.8) is 0 Å². The summed E-state index contributed by atoms with van der Waals surface area (Å²) in [6, 6.07) is -1.88. The molecule has 0 aliphatic carbocycles. The van der Waals surface area contributed by atoms with Crippen LogP contribution in [0.1, 0.15) is 12.8 Å². The first-order valence-corrected chi connectivity index (χ1v) is 4.57. The van der Waals surface area contributed by atoms with Gasteiger partial charge in [-0.25, -0.2) is 9.59 Å². The molecule has 4 N–H and O–H groups in total. The minimum Gasteiger partial charge on any atom is -0.481 e. The van der Waals surface area contributed by atoms with Gasteiger partial charge in [-0.05, 0) is 6.42 Å². The average Bonchev–Trinajstić information content (AvgIpc) is 2.20. The van der Waals surface area contributed by atoms with Gasteiger partial charge < -0.3 is 20.8 Å². The molecule has 0 fully saturated rings. The molecule has 0 aromatic rings. The fourth-order valence-corrected chi connectivity index (χ4v) is 0.899. The van der Waals surface area contributed by atoms with Crippen molar-refractivity contribution in [3.05, 3.63) is 12.7 Å². The summed E-state index contributed by atoms with van der Waals surface area (Å²) in [6.07, 6.45) is 0.956. The van der Waals surface area contributed by atoms with E-state index in [-0.39, 0.29) is 19.4 Å². The number of hydrogen-bond donors (Lipinski definition) is 4. The van der Waals surface area contributed by atoms with Gasteiger partial charge in [-0.15, -0.1) is 6.58 Å². The van der Waals surface area contributed by atoms with Gasteiger partial charge in [0.05, 0.1) is 0 Å². The molecule has 0 aliphatic heterocycles. The maximum Gasteiger partial charge on any atom is 0.326 e. The number of hydrogen-bond acceptors (Lipinski definition) is 3. The van der Waals surface area contributed by atoms with Crippen molar-refractivity contribution < 1.29 is 24.6 Å². The first-order chi connectivity index (χ1) is 7.47. The first kappa shape index (κ1) is 13.9. The predicted molar refractivity (Wildman–Crippen MR) is 55.0 cm³/mol. The smallest absolute Gasteiger partial charge is 0.326 e. The molecule has 0 bridgehead atoms. The van der Waals surface area contributed by atoms with E-state index in [1.807, 2.05) is 0 Å². The highest BCUT2D eigenvalue weighted by atomic mass is 16.4. The third kappa shape index (κ3) is 6.41. The number of carboxylic acids is 2. The number of carbonyl (C=O) groups is 3. The standard InChI is InChI=1S/C9H14N2O5/c1-2-5-10-9(16)11-6(8(14)15)3-4-7(12)13/h2,6H,1,3-5H2,(H,12,13)(H,14,15)(H2,10,11,16)/t6-/m0/s1. The summed E-state index contributed by atoms with van der Waals surface area (Å²) in [7, 11) is 0. The minimum absolute atomic E-state index is 0.161. The zero-order valence-corrected chi connectivity index (χ0v) is 8.60. The van der Waals surface area contributed by atoms with Crippen LogP contribution in [0.15, 0.2) is 12.7 Å². The topological polar surface area (TPSA) is 116 Å². The lowest BCUT2D eigenvalue weighted by atomic mass is 10.1. The summed E-state index contributed by atoms with van der Waals surface area (Å²) < 4.78 is 0. The molecule has 0 unspecified atom stereocenters. The van der Waals surface area contributed by atoms with Gasteiger partial charge in [-0.1, -0.05) is 6.08 Å². The maximum absolute atomic E-state index is 11.1. The number of amides is 2. The van der Waals surface area contributed by atoms with Crippen LogP contribution in [0.2, 0.25) is 0 Å². The molecule has 0 saturated carbocycles. The highest BCUT2D eigenvalue weighted by molar-refractivity contribution is 5.83. The molecular weight excluding hydrogens is 216 g/mol. The van der Waals surface area contributed by atoms with E-state index in [1.54, 1.807) is 0 Å². The number of carbonyl (C=O) groups excluding carboxylic acids is 1. The summed E-state index contributed by atoms with van der Waals surface area (Å²) in [4.78, 5) is 32.0. The normalized spacial score (nSPS) is 11.2. The highest BCUT2D eigenvalue weighted by Gasteiger charge is 2.20. The Morgan fingerprint density at radius 2 is 1.94 bits per heavy atom. The van der Waals surface area contributed by atoms with E-state index in [4.69, 9.17) is 10.2 Å². The molecule has 7 nitrogen and oxygen atoms in total. The van der Waals surface area contributed by atoms with Gasteiger partial charge in [0.15, 0.2) is 0 Å². The van der Waals surface area contributed by atoms with Crippen molar-refractivity contribution in [1.82, 2.24) is 10.6 Å². The zero-order valence-electron chi connectivity index (χ0n) is 8.60. The molecule has 0 aliphatic rings. The van der Waals surface area contributed by atoms with E-state index in [1.165, 1.54) is 6.08 Å². The maximum atomic E-state index is 11.1. The Morgan fingerprint density at radius 1 is 1.31 bits per heavy atom. The van der Waals surface area contributed by atoms with Gasteiger partial charge in [0.1, 0.15) is 6.04 Å². The third-order valence-electron chi connectivity index (χ3n) is 1.66. The zero-order chi connectivity index (χ0) is 12.6. The van der Waals surface area contributed by atoms with Crippen molar-refractivity contribution in [2.45, 2.75) is 18.9 Å². The van der Waals surface area contributed by atoms with Crippen LogP contribution in [0.25, 0.3) is 0 Å². The number of nitrogens with one attached hydrogen (secondary N) is 2. The molecule has 0 radical (unpaired) electrons. The Labute approximate surface area is 92.1 Å². The van der Waals surface area contributed by atoms with Crippen molar-refractivity contribution in [3.8, 4) is 0 Å². The number of aliphatic carboxylic acids is 2. The Kier molecular flexibility index (Phi) is 6.34. The minimum atomic E-state index is -1.27. The van der Waals surface area contributed by atoms with Gasteiger partial charge >= 0.3 is 18.0 Å². The summed E-state index contributed by atoms with van der Waals surface area (Å²) in [6.45, 7) is 3.58. The summed E-state index contributed by atoms with van der Waals surface area (Å²) in [5, 5.41) is 21.6. The lowest BCUT2D eigenvalue weighted by Crippen LogP contribution is -2.46. The number of rotatable bonds is 7. The molecule has 0 rings (SSSR count). The molecule has 0 heterocycles. The van der Waals surface area contributed by atoms with Crippen LogP contribution in [0.5, 0.6) is 0 Å². The Morgan fingerprint density at radius 3 is 2.38 bits per heavy atom. The molecule has 16 heavy (non-hydrogen) atoms. The lowest BCUT2D eigenvalue weighted by Gasteiger charge is -2.13. The van der Waals surface area contributed by atoms with E-state index in [9.17, 15) is 14.4 Å². The number of urea groups is 1. The molecule has 0 saturated heterocycles. The summed E-state index contributed by atoms with van der Waals surface area (Å²) in [5.74, 6) is -2.38. The quantitative estimate of drug-likeness (QED) is 0.451. The molecule has 0 aromatic heterocycles. The van der Waals surface area contributed by atoms with E-state index >= 15 is 0 Å². The Hall–Kier alpha value is -2.05. The monoisotopic (exact) mass is 230 g/mol. The van der Waals surface area contributed by atoms with Crippen LogP contribution in [0.4, 0.5) is 4.79 Å². The van der Waals surface area contributed by atoms with Crippen molar-refractivity contribution in [2.75, 3.05) is 6.54 Å². The molecule has 1 atom stereocenters. The van der Waals surface area contributed by atoms with Crippen molar-refractivity contribution in [2.24, 2.45) is 0 Å². The Balaban J connectivity index is 4.11. The second-order valence-electron chi connectivity index (χ2n) is 2.97. The molecule has 0 aromatic carbocycles. The first-order valence-electron chi connectivity index (χ1n) is 4.57. The molecule has 2 amide bonds. The van der Waals surface area contributed by atoms with Crippen LogP contribution in [-0.2, 0) is 9.59 Å². The van der Waals surface area contributed by atoms with Gasteiger partial charge in [0.2, 0.25) is 0 Å². The predicted octanol–water partition coefficient (Wildman–Crippen LogP) is -0.210. The molecular formula is C9H14N2O5. The van der Waals surface area contributed by atoms with Gasteiger partial charge in [-0.2, -0.15) is 0 Å². The fourth-order valence-electron chi connectivity index (χ4n) is 0.899. The van der Waals surface area contributed by atoms with Gasteiger partial charge in [0.25, 0.3) is 0 Å². The van der Waals surface area contributed by atoms with Crippen LogP contribution in [0, 0.1) is 0 Å². The van der Waals surface area contributed by atoms with Crippen molar-refractivity contribution >= 4 is 18.0 Å². The second kappa shape index (κ2) is 7.27. The molecule has 0 spiro atoms. The SMILES string of the molecule is C=CCNC(=O)N[C@@H](CCC(=O)O)C(=O)O. The largest absolute Gasteiger partial charge is 0.481 e. The van der Waals surface area contributed by atoms with E-state index in [0.29, 0.717) is 0 Å². The van der Waals surface area contributed by atoms with Crippen LogP contribution in [-0.4, -0.2) is 40.8 Å². The van der Waals surface area contributed by atoms with Crippen LogP contribution < -0.4 is 10.6 Å². The number of carboxylic acid groups (broad SMARTS) is 2. The average molecular weight is 230 g/mol. The van der Waals surface area contributed by atoms with Crippen LogP contribution >= 0.6 is 0 Å². The van der Waals surface area contributed by atoms with E-state index < -0.39 is 24.0 Å². The molecule has 90 valence electrons. The lowest BCUT2D eigenvalue weighted by molar-refractivity contribution is -0.140. The van der Waals surface area contributed by atoms with Gasteiger partial charge in [-0.3, -0.25) is 4.79 Å². The third-order valence-corrected chi connectivity index (χ3v) is 1.66. The summed E-state index contributed by atoms with van der Waals surface area (Å²) in [5.41, 5.74) is 0. The van der Waals surface area contributed by atoms with Crippen molar-refractivity contribution in [1.29, 1.82) is 0 Å². The van der Waals surface area contributed by atoms with Gasteiger partial charge in [0, 0.05) is 13.0 Å².